The molecule has 1 atom stereocenters. The first-order valence-corrected chi connectivity index (χ1v) is 10.1. The SMILES string of the molecule is Cc1cc(C(C)Nc2ccc(Cl)nc2C(=O)O)c2nc(C3(C#N)CC3)n(C)c(=O)c2c1. The first-order valence-electron chi connectivity index (χ1n) is 9.76. The summed E-state index contributed by atoms with van der Waals surface area (Å²) in [5, 5.41) is 22.8. The molecule has 1 aliphatic rings. The van der Waals surface area contributed by atoms with Crippen LogP contribution in [0.25, 0.3) is 10.9 Å². The fraction of sp³-hybridized carbons (Fsp3) is 0.318. The van der Waals surface area contributed by atoms with Crippen LogP contribution in [0.3, 0.4) is 0 Å². The fourth-order valence-electron chi connectivity index (χ4n) is 3.85. The van der Waals surface area contributed by atoms with E-state index in [1.807, 2.05) is 19.9 Å². The number of rotatable bonds is 5. The molecule has 3 aromatic rings. The van der Waals surface area contributed by atoms with Gasteiger partial charge in [0.2, 0.25) is 0 Å². The van der Waals surface area contributed by atoms with E-state index in [0.717, 1.165) is 11.1 Å². The number of aromatic nitrogens is 3. The Morgan fingerprint density at radius 2 is 2.06 bits per heavy atom. The summed E-state index contributed by atoms with van der Waals surface area (Å²) in [6.45, 7) is 3.73. The molecule has 2 aromatic heterocycles. The molecule has 8 nitrogen and oxygen atoms in total. The van der Waals surface area contributed by atoms with Crippen molar-refractivity contribution in [2.75, 3.05) is 5.32 Å². The number of carbonyl (C=O) groups is 1. The smallest absolute Gasteiger partial charge is 0.356 e. The standard InChI is InChI=1S/C22H20ClN5O3/c1-11-8-13(12(2)25-15-4-5-16(23)26-18(15)20(30)31)17-14(9-11)19(29)28(3)21(27-17)22(10-24)6-7-22/h4-5,8-9,12,25H,6-7H2,1-3H3,(H,30,31). The number of aromatic carboxylic acids is 1. The highest BCUT2D eigenvalue weighted by atomic mass is 35.5. The van der Waals surface area contributed by atoms with Gasteiger partial charge in [-0.25, -0.2) is 14.8 Å². The number of benzene rings is 1. The number of nitrogens with zero attached hydrogens (tertiary/aromatic N) is 4. The van der Waals surface area contributed by atoms with E-state index < -0.39 is 17.4 Å². The minimum Gasteiger partial charge on any atom is -0.476 e. The number of fused-ring (bicyclic) bond motifs is 1. The van der Waals surface area contributed by atoms with E-state index in [4.69, 9.17) is 16.6 Å². The largest absolute Gasteiger partial charge is 0.476 e. The third-order valence-corrected chi connectivity index (χ3v) is 5.86. The summed E-state index contributed by atoms with van der Waals surface area (Å²) in [7, 11) is 1.64. The van der Waals surface area contributed by atoms with Gasteiger partial charge in [0.15, 0.2) is 5.69 Å². The van der Waals surface area contributed by atoms with E-state index >= 15 is 0 Å². The number of nitriles is 1. The molecule has 1 saturated carbocycles. The Hall–Kier alpha value is -3.44. The molecule has 1 fully saturated rings. The van der Waals surface area contributed by atoms with E-state index in [9.17, 15) is 20.0 Å². The maximum atomic E-state index is 13.1. The van der Waals surface area contributed by atoms with Crippen molar-refractivity contribution in [3.63, 3.8) is 0 Å². The predicted octanol–water partition coefficient (Wildman–Crippen LogP) is 3.72. The highest BCUT2D eigenvalue weighted by Gasteiger charge is 2.48. The summed E-state index contributed by atoms with van der Waals surface area (Å²) in [4.78, 5) is 33.3. The number of hydrogen-bond donors (Lipinski definition) is 2. The lowest BCUT2D eigenvalue weighted by Crippen LogP contribution is -2.27. The second-order valence-electron chi connectivity index (χ2n) is 7.95. The summed E-state index contributed by atoms with van der Waals surface area (Å²) in [6, 6.07) is 8.66. The molecule has 1 unspecified atom stereocenters. The number of halogens is 1. The summed E-state index contributed by atoms with van der Waals surface area (Å²) in [6.07, 6.45) is 1.34. The van der Waals surface area contributed by atoms with Crippen LogP contribution in [-0.4, -0.2) is 25.6 Å². The summed E-state index contributed by atoms with van der Waals surface area (Å²) in [5.74, 6) is -0.741. The maximum Gasteiger partial charge on any atom is 0.356 e. The van der Waals surface area contributed by atoms with E-state index in [0.29, 0.717) is 35.3 Å². The summed E-state index contributed by atoms with van der Waals surface area (Å²) >= 11 is 5.85. The molecular formula is C22H20ClN5O3. The number of carboxylic acid groups (broad SMARTS) is 1. The fourth-order valence-corrected chi connectivity index (χ4v) is 3.99. The zero-order valence-electron chi connectivity index (χ0n) is 17.2. The summed E-state index contributed by atoms with van der Waals surface area (Å²) < 4.78 is 1.46. The van der Waals surface area contributed by atoms with Crippen molar-refractivity contribution < 1.29 is 9.90 Å². The van der Waals surface area contributed by atoms with Crippen LogP contribution in [0, 0.1) is 18.3 Å². The van der Waals surface area contributed by atoms with E-state index in [2.05, 4.69) is 16.4 Å². The highest BCUT2D eigenvalue weighted by molar-refractivity contribution is 6.29. The lowest BCUT2D eigenvalue weighted by molar-refractivity contribution is 0.0691. The zero-order valence-corrected chi connectivity index (χ0v) is 18.0. The average Bonchev–Trinajstić information content (AvgIpc) is 3.52. The van der Waals surface area contributed by atoms with Crippen LogP contribution in [0.1, 0.15) is 53.2 Å². The van der Waals surface area contributed by atoms with Crippen LogP contribution in [0.5, 0.6) is 0 Å². The molecule has 4 rings (SSSR count). The van der Waals surface area contributed by atoms with Gasteiger partial charge in [-0.3, -0.25) is 9.36 Å². The van der Waals surface area contributed by atoms with Gasteiger partial charge < -0.3 is 10.4 Å². The minimum absolute atomic E-state index is 0.0812. The van der Waals surface area contributed by atoms with Crippen molar-refractivity contribution in [1.29, 1.82) is 5.26 Å². The number of aryl methyl sites for hydroxylation is 1. The van der Waals surface area contributed by atoms with Gasteiger partial charge in [-0.2, -0.15) is 5.26 Å². The third kappa shape index (κ3) is 3.51. The van der Waals surface area contributed by atoms with Gasteiger partial charge in [0.25, 0.3) is 5.56 Å². The van der Waals surface area contributed by atoms with Gasteiger partial charge in [-0.1, -0.05) is 17.7 Å². The molecule has 0 radical (unpaired) electrons. The van der Waals surface area contributed by atoms with Gasteiger partial charge in [-0.15, -0.1) is 0 Å². The first-order chi connectivity index (χ1) is 14.7. The van der Waals surface area contributed by atoms with Crippen molar-refractivity contribution in [2.45, 2.75) is 38.1 Å². The molecule has 9 heteroatoms. The predicted molar refractivity (Wildman–Crippen MR) is 116 cm³/mol. The Labute approximate surface area is 183 Å². The molecule has 0 aliphatic heterocycles. The van der Waals surface area contributed by atoms with Gasteiger partial charge in [0, 0.05) is 12.6 Å². The van der Waals surface area contributed by atoms with Crippen LogP contribution in [0.4, 0.5) is 5.69 Å². The van der Waals surface area contributed by atoms with Crippen molar-refractivity contribution in [1.82, 2.24) is 14.5 Å². The van der Waals surface area contributed by atoms with E-state index in [-0.39, 0.29) is 16.4 Å². The molecule has 2 heterocycles. The summed E-state index contributed by atoms with van der Waals surface area (Å²) in [5.41, 5.74) is 1.28. The minimum atomic E-state index is -1.20. The normalized spacial score (nSPS) is 15.3. The van der Waals surface area contributed by atoms with Gasteiger partial charge in [-0.05, 0) is 50.5 Å². The molecule has 0 spiro atoms. The number of anilines is 1. The highest BCUT2D eigenvalue weighted by Crippen LogP contribution is 2.46. The van der Waals surface area contributed by atoms with Gasteiger partial charge in [0.05, 0.1) is 28.7 Å². The molecule has 0 saturated heterocycles. The van der Waals surface area contributed by atoms with Gasteiger partial charge >= 0.3 is 5.97 Å². The Balaban J connectivity index is 1.87. The number of carboxylic acids is 1. The molecule has 1 aliphatic carbocycles. The molecule has 0 amide bonds. The molecule has 0 bridgehead atoms. The lowest BCUT2D eigenvalue weighted by atomic mass is 10.00. The first kappa shape index (κ1) is 20.8. The Bertz CT molecular complexity index is 1340. The lowest BCUT2D eigenvalue weighted by Gasteiger charge is -2.20. The molecule has 31 heavy (non-hydrogen) atoms. The number of nitrogens with one attached hydrogen (secondary N) is 1. The van der Waals surface area contributed by atoms with Crippen molar-refractivity contribution in [3.8, 4) is 6.07 Å². The van der Waals surface area contributed by atoms with Crippen LogP contribution >= 0.6 is 11.6 Å². The second-order valence-corrected chi connectivity index (χ2v) is 8.33. The van der Waals surface area contributed by atoms with E-state index in [1.165, 1.54) is 10.6 Å². The Kier molecular flexibility index (Phi) is 4.94. The second kappa shape index (κ2) is 7.36. The third-order valence-electron chi connectivity index (χ3n) is 5.65. The van der Waals surface area contributed by atoms with E-state index in [1.54, 1.807) is 19.2 Å². The molecular weight excluding hydrogens is 418 g/mol. The van der Waals surface area contributed by atoms with Gasteiger partial charge in [0.1, 0.15) is 16.4 Å². The van der Waals surface area contributed by atoms with Crippen LogP contribution < -0.4 is 10.9 Å². The number of pyridine rings is 1. The van der Waals surface area contributed by atoms with Crippen molar-refractivity contribution in [3.05, 3.63) is 62.4 Å². The molecule has 1 aromatic carbocycles. The maximum absolute atomic E-state index is 13.1. The number of hydrogen-bond acceptors (Lipinski definition) is 6. The topological polar surface area (TPSA) is 121 Å². The van der Waals surface area contributed by atoms with Crippen LogP contribution in [-0.2, 0) is 12.5 Å². The van der Waals surface area contributed by atoms with Crippen LogP contribution in [0.15, 0.2) is 29.1 Å². The van der Waals surface area contributed by atoms with Crippen molar-refractivity contribution >= 4 is 34.2 Å². The zero-order chi connectivity index (χ0) is 22.5. The van der Waals surface area contributed by atoms with Crippen LogP contribution in [0.2, 0.25) is 5.15 Å². The average molecular weight is 438 g/mol. The Morgan fingerprint density at radius 3 is 2.68 bits per heavy atom. The molecule has 2 N–H and O–H groups in total. The van der Waals surface area contributed by atoms with Crippen molar-refractivity contribution in [2.24, 2.45) is 7.05 Å². The quantitative estimate of drug-likeness (QED) is 0.583. The monoisotopic (exact) mass is 437 g/mol. The molecule has 158 valence electrons. The Morgan fingerprint density at radius 1 is 1.35 bits per heavy atom.